The van der Waals surface area contributed by atoms with Crippen molar-refractivity contribution in [2.45, 2.75) is 26.8 Å². The summed E-state index contributed by atoms with van der Waals surface area (Å²) in [6, 6.07) is 3.70. The maximum Gasteiger partial charge on any atom is 0.200 e. The summed E-state index contributed by atoms with van der Waals surface area (Å²) in [5, 5.41) is 9.87. The van der Waals surface area contributed by atoms with E-state index in [1.807, 2.05) is 12.1 Å². The van der Waals surface area contributed by atoms with E-state index in [9.17, 15) is 5.11 Å². The third-order valence-corrected chi connectivity index (χ3v) is 3.31. The third-order valence-electron chi connectivity index (χ3n) is 3.31. The number of methoxy groups -OCH3 is 2. The molecule has 0 aliphatic rings. The molecule has 1 N–H and O–H groups in total. The lowest BCUT2D eigenvalue weighted by Crippen LogP contribution is -2.23. The molecule has 0 spiro atoms. The van der Waals surface area contributed by atoms with Gasteiger partial charge in [0.25, 0.3) is 0 Å². The van der Waals surface area contributed by atoms with Crippen LogP contribution in [0.2, 0.25) is 0 Å². The molecule has 0 amide bonds. The maximum atomic E-state index is 9.87. The summed E-state index contributed by atoms with van der Waals surface area (Å²) in [7, 11) is 5.18. The number of phenolic OH excluding ortho intramolecular Hbond substituents is 1. The fourth-order valence-electron chi connectivity index (χ4n) is 2.08. The van der Waals surface area contributed by atoms with Gasteiger partial charge in [0, 0.05) is 13.1 Å². The minimum absolute atomic E-state index is 0.0540. The largest absolute Gasteiger partial charge is 0.502 e. The molecule has 1 unspecified atom stereocenters. The standard InChI is InChI=1S/C15H25NO3/c1-6-11(2)9-16(3)10-12-7-13(18-4)15(17)14(8-12)19-5/h7-8,11,17H,6,9-10H2,1-5H3. The van der Waals surface area contributed by atoms with Crippen LogP contribution in [-0.4, -0.2) is 37.8 Å². The molecule has 1 aromatic rings. The van der Waals surface area contributed by atoms with E-state index >= 15 is 0 Å². The first-order valence-corrected chi connectivity index (χ1v) is 6.64. The van der Waals surface area contributed by atoms with E-state index in [4.69, 9.17) is 9.47 Å². The minimum atomic E-state index is 0.0540. The molecule has 0 saturated heterocycles. The van der Waals surface area contributed by atoms with Crippen LogP contribution in [0.25, 0.3) is 0 Å². The molecule has 108 valence electrons. The summed E-state index contributed by atoms with van der Waals surface area (Å²) in [5.41, 5.74) is 1.07. The smallest absolute Gasteiger partial charge is 0.200 e. The molecule has 0 fully saturated rings. The molecule has 19 heavy (non-hydrogen) atoms. The Morgan fingerprint density at radius 3 is 2.16 bits per heavy atom. The Hall–Kier alpha value is -1.42. The van der Waals surface area contributed by atoms with Gasteiger partial charge in [0.1, 0.15) is 0 Å². The Labute approximate surface area is 115 Å². The number of benzene rings is 1. The second-order valence-electron chi connectivity index (χ2n) is 5.06. The van der Waals surface area contributed by atoms with Crippen LogP contribution in [-0.2, 0) is 6.54 Å². The summed E-state index contributed by atoms with van der Waals surface area (Å²) >= 11 is 0. The Balaban J connectivity index is 2.83. The molecular weight excluding hydrogens is 242 g/mol. The second kappa shape index (κ2) is 7.24. The van der Waals surface area contributed by atoms with Crippen LogP contribution in [0.5, 0.6) is 17.2 Å². The van der Waals surface area contributed by atoms with E-state index in [-0.39, 0.29) is 5.75 Å². The van der Waals surface area contributed by atoms with E-state index in [1.54, 1.807) is 14.2 Å². The summed E-state index contributed by atoms with van der Waals surface area (Å²) in [4.78, 5) is 2.26. The zero-order valence-corrected chi connectivity index (χ0v) is 12.6. The average Bonchev–Trinajstić information content (AvgIpc) is 2.40. The molecule has 1 aromatic carbocycles. The van der Waals surface area contributed by atoms with E-state index in [0.29, 0.717) is 17.4 Å². The van der Waals surface area contributed by atoms with E-state index in [1.165, 1.54) is 6.42 Å². The molecule has 1 rings (SSSR count). The van der Waals surface area contributed by atoms with Crippen LogP contribution in [0.15, 0.2) is 12.1 Å². The summed E-state index contributed by atoms with van der Waals surface area (Å²) < 4.78 is 10.3. The van der Waals surface area contributed by atoms with Crippen molar-refractivity contribution in [1.82, 2.24) is 4.90 Å². The number of hydrogen-bond acceptors (Lipinski definition) is 4. The third kappa shape index (κ3) is 4.31. The van der Waals surface area contributed by atoms with Crippen molar-refractivity contribution in [3.63, 3.8) is 0 Å². The summed E-state index contributed by atoms with van der Waals surface area (Å²) in [6.45, 7) is 6.29. The molecule has 4 nitrogen and oxygen atoms in total. The molecule has 0 bridgehead atoms. The van der Waals surface area contributed by atoms with E-state index < -0.39 is 0 Å². The fourth-order valence-corrected chi connectivity index (χ4v) is 2.08. The monoisotopic (exact) mass is 267 g/mol. The molecule has 0 aromatic heterocycles. The Morgan fingerprint density at radius 1 is 1.21 bits per heavy atom. The van der Waals surface area contributed by atoms with Gasteiger partial charge in [0.15, 0.2) is 11.5 Å². The first-order chi connectivity index (χ1) is 9.01. The molecule has 1 atom stereocenters. The predicted octanol–water partition coefficient (Wildman–Crippen LogP) is 2.89. The Bertz CT molecular complexity index is 381. The van der Waals surface area contributed by atoms with E-state index in [2.05, 4.69) is 25.8 Å². The van der Waals surface area contributed by atoms with Crippen molar-refractivity contribution in [3.8, 4) is 17.2 Å². The molecule has 0 saturated carbocycles. The SMILES string of the molecule is CCC(C)CN(C)Cc1cc(OC)c(O)c(OC)c1. The van der Waals surface area contributed by atoms with Gasteiger partial charge in [-0.1, -0.05) is 20.3 Å². The second-order valence-corrected chi connectivity index (χ2v) is 5.06. The van der Waals surface area contributed by atoms with Crippen LogP contribution < -0.4 is 9.47 Å². The van der Waals surface area contributed by atoms with Gasteiger partial charge in [-0.3, -0.25) is 0 Å². The quantitative estimate of drug-likeness (QED) is 0.825. The highest BCUT2D eigenvalue weighted by atomic mass is 16.5. The van der Waals surface area contributed by atoms with E-state index in [0.717, 1.165) is 18.7 Å². The lowest BCUT2D eigenvalue weighted by molar-refractivity contribution is 0.273. The van der Waals surface area contributed by atoms with Crippen molar-refractivity contribution < 1.29 is 14.6 Å². The highest BCUT2D eigenvalue weighted by molar-refractivity contribution is 5.52. The highest BCUT2D eigenvalue weighted by Crippen LogP contribution is 2.37. The predicted molar refractivity (Wildman–Crippen MR) is 77.0 cm³/mol. The van der Waals surface area contributed by atoms with Crippen molar-refractivity contribution in [2.24, 2.45) is 5.92 Å². The van der Waals surface area contributed by atoms with Crippen molar-refractivity contribution >= 4 is 0 Å². The number of phenols is 1. The number of aromatic hydroxyl groups is 1. The first kappa shape index (κ1) is 15.6. The molecule has 0 aliphatic heterocycles. The number of nitrogens with zero attached hydrogens (tertiary/aromatic N) is 1. The van der Waals surface area contributed by atoms with Gasteiger partial charge in [0.2, 0.25) is 5.75 Å². The number of rotatable bonds is 7. The van der Waals surface area contributed by atoms with Crippen LogP contribution in [0.4, 0.5) is 0 Å². The van der Waals surface area contributed by atoms with Crippen molar-refractivity contribution in [2.75, 3.05) is 27.8 Å². The van der Waals surface area contributed by atoms with Gasteiger partial charge in [0.05, 0.1) is 14.2 Å². The van der Waals surface area contributed by atoms with Crippen LogP contribution in [0.1, 0.15) is 25.8 Å². The zero-order chi connectivity index (χ0) is 14.4. The van der Waals surface area contributed by atoms with Gasteiger partial charge in [-0.15, -0.1) is 0 Å². The Morgan fingerprint density at radius 2 is 1.74 bits per heavy atom. The highest BCUT2D eigenvalue weighted by Gasteiger charge is 2.13. The minimum Gasteiger partial charge on any atom is -0.502 e. The van der Waals surface area contributed by atoms with Crippen LogP contribution >= 0.6 is 0 Å². The number of hydrogen-bond donors (Lipinski definition) is 1. The average molecular weight is 267 g/mol. The summed E-state index contributed by atoms with van der Waals surface area (Å²) in [5.74, 6) is 1.63. The van der Waals surface area contributed by atoms with Gasteiger partial charge >= 0.3 is 0 Å². The lowest BCUT2D eigenvalue weighted by Gasteiger charge is -2.21. The van der Waals surface area contributed by atoms with Crippen LogP contribution in [0.3, 0.4) is 0 Å². The van der Waals surface area contributed by atoms with Crippen molar-refractivity contribution in [3.05, 3.63) is 17.7 Å². The van der Waals surface area contributed by atoms with Crippen LogP contribution in [0, 0.1) is 5.92 Å². The topological polar surface area (TPSA) is 41.9 Å². The molecule has 4 heteroatoms. The fraction of sp³-hybridized carbons (Fsp3) is 0.600. The zero-order valence-electron chi connectivity index (χ0n) is 12.6. The van der Waals surface area contributed by atoms with Gasteiger partial charge in [-0.05, 0) is 30.7 Å². The summed E-state index contributed by atoms with van der Waals surface area (Å²) in [6.07, 6.45) is 1.17. The maximum absolute atomic E-state index is 9.87. The first-order valence-electron chi connectivity index (χ1n) is 6.64. The molecule has 0 heterocycles. The molecule has 0 aliphatic carbocycles. The molecular formula is C15H25NO3. The molecule has 0 radical (unpaired) electrons. The van der Waals surface area contributed by atoms with Gasteiger partial charge in [-0.2, -0.15) is 0 Å². The Kier molecular flexibility index (Phi) is 5.96. The van der Waals surface area contributed by atoms with Crippen molar-refractivity contribution in [1.29, 1.82) is 0 Å². The lowest BCUT2D eigenvalue weighted by atomic mass is 10.1. The van der Waals surface area contributed by atoms with Gasteiger partial charge in [-0.25, -0.2) is 0 Å². The number of ether oxygens (including phenoxy) is 2. The van der Waals surface area contributed by atoms with Gasteiger partial charge < -0.3 is 19.5 Å². The normalized spacial score (nSPS) is 12.5.